The molecule has 4 nitrogen and oxygen atoms in total. The van der Waals surface area contributed by atoms with Crippen LogP contribution in [-0.2, 0) is 10.0 Å². The van der Waals surface area contributed by atoms with E-state index < -0.39 is 10.0 Å². The summed E-state index contributed by atoms with van der Waals surface area (Å²) in [5.41, 5.74) is 6.80. The van der Waals surface area contributed by atoms with Gasteiger partial charge in [0.25, 0.3) is 0 Å². The topological polar surface area (TPSA) is 72.2 Å². The summed E-state index contributed by atoms with van der Waals surface area (Å²) < 4.78 is 27.0. The molecule has 0 aromatic heterocycles. The second-order valence-electron chi connectivity index (χ2n) is 4.62. The summed E-state index contributed by atoms with van der Waals surface area (Å²) >= 11 is 0. The van der Waals surface area contributed by atoms with E-state index in [9.17, 15) is 8.42 Å². The SMILES string of the molecule is Cc1c(N)cccc1S(=O)(=O)NC(C)C(C)C. The minimum Gasteiger partial charge on any atom is -0.398 e. The number of nitrogen functional groups attached to an aromatic ring is 1. The summed E-state index contributed by atoms with van der Waals surface area (Å²) in [6.45, 7) is 7.51. The van der Waals surface area contributed by atoms with Crippen LogP contribution in [0.3, 0.4) is 0 Å². The predicted octanol–water partition coefficient (Wildman–Crippen LogP) is 1.90. The van der Waals surface area contributed by atoms with Crippen LogP contribution in [0.2, 0.25) is 0 Å². The molecule has 3 N–H and O–H groups in total. The van der Waals surface area contributed by atoms with Gasteiger partial charge in [0.2, 0.25) is 10.0 Å². The third kappa shape index (κ3) is 3.20. The second-order valence-corrected chi connectivity index (χ2v) is 6.31. The molecule has 0 aliphatic heterocycles. The lowest BCUT2D eigenvalue weighted by molar-refractivity contribution is 0.476. The minimum atomic E-state index is -3.49. The highest BCUT2D eigenvalue weighted by Gasteiger charge is 2.21. The molecule has 0 heterocycles. The molecule has 96 valence electrons. The molecule has 1 atom stereocenters. The van der Waals surface area contributed by atoms with E-state index in [0.717, 1.165) is 0 Å². The van der Waals surface area contributed by atoms with Crippen molar-refractivity contribution in [1.82, 2.24) is 4.72 Å². The van der Waals surface area contributed by atoms with E-state index in [0.29, 0.717) is 11.3 Å². The minimum absolute atomic E-state index is 0.110. The molecule has 0 fully saturated rings. The van der Waals surface area contributed by atoms with E-state index in [-0.39, 0.29) is 16.9 Å². The van der Waals surface area contributed by atoms with Crippen LogP contribution >= 0.6 is 0 Å². The summed E-state index contributed by atoms with van der Waals surface area (Å²) in [4.78, 5) is 0.255. The summed E-state index contributed by atoms with van der Waals surface area (Å²) in [5, 5.41) is 0. The van der Waals surface area contributed by atoms with Crippen LogP contribution in [-0.4, -0.2) is 14.5 Å². The zero-order valence-electron chi connectivity index (χ0n) is 10.7. The quantitative estimate of drug-likeness (QED) is 0.808. The van der Waals surface area contributed by atoms with Crippen LogP contribution in [0, 0.1) is 12.8 Å². The van der Waals surface area contributed by atoms with E-state index in [1.54, 1.807) is 25.1 Å². The number of nitrogens with two attached hydrogens (primary N) is 1. The normalized spacial score (nSPS) is 13.9. The van der Waals surface area contributed by atoms with Crippen molar-refractivity contribution in [2.24, 2.45) is 5.92 Å². The van der Waals surface area contributed by atoms with Crippen LogP contribution in [0.15, 0.2) is 23.1 Å². The number of benzene rings is 1. The fourth-order valence-corrected chi connectivity index (χ4v) is 3.03. The Hall–Kier alpha value is -1.07. The molecule has 1 aromatic carbocycles. The zero-order valence-corrected chi connectivity index (χ0v) is 11.5. The van der Waals surface area contributed by atoms with Crippen LogP contribution in [0.5, 0.6) is 0 Å². The molecule has 1 rings (SSSR count). The number of hydrogen-bond donors (Lipinski definition) is 2. The molecule has 1 aromatic rings. The van der Waals surface area contributed by atoms with Crippen LogP contribution < -0.4 is 10.5 Å². The van der Waals surface area contributed by atoms with Gasteiger partial charge in [0.05, 0.1) is 4.90 Å². The highest BCUT2D eigenvalue weighted by molar-refractivity contribution is 7.89. The Morgan fingerprint density at radius 3 is 2.35 bits per heavy atom. The van der Waals surface area contributed by atoms with Gasteiger partial charge in [0, 0.05) is 11.7 Å². The number of nitrogens with one attached hydrogen (secondary N) is 1. The van der Waals surface area contributed by atoms with Crippen molar-refractivity contribution in [3.8, 4) is 0 Å². The largest absolute Gasteiger partial charge is 0.398 e. The Kier molecular flexibility index (Phi) is 4.16. The first-order chi connectivity index (χ1) is 7.75. The first-order valence-corrected chi connectivity index (χ1v) is 7.11. The van der Waals surface area contributed by atoms with Crippen LogP contribution in [0.25, 0.3) is 0 Å². The van der Waals surface area contributed by atoms with E-state index >= 15 is 0 Å². The Balaban J connectivity index is 3.10. The smallest absolute Gasteiger partial charge is 0.241 e. The van der Waals surface area contributed by atoms with Crippen LogP contribution in [0.1, 0.15) is 26.3 Å². The van der Waals surface area contributed by atoms with Gasteiger partial charge >= 0.3 is 0 Å². The first-order valence-electron chi connectivity index (χ1n) is 5.63. The van der Waals surface area contributed by atoms with E-state index in [4.69, 9.17) is 5.73 Å². The molecule has 17 heavy (non-hydrogen) atoms. The van der Waals surface area contributed by atoms with Gasteiger partial charge < -0.3 is 5.73 Å². The number of rotatable bonds is 4. The van der Waals surface area contributed by atoms with Gasteiger partial charge in [-0.15, -0.1) is 0 Å². The standard InChI is InChI=1S/C12H20N2O2S/c1-8(2)10(4)14-17(15,16)12-7-5-6-11(13)9(12)3/h5-8,10,14H,13H2,1-4H3. The molecule has 5 heteroatoms. The van der Waals surface area contributed by atoms with Gasteiger partial charge in [-0.1, -0.05) is 19.9 Å². The maximum atomic E-state index is 12.2. The highest BCUT2D eigenvalue weighted by atomic mass is 32.2. The van der Waals surface area contributed by atoms with Crippen molar-refractivity contribution >= 4 is 15.7 Å². The van der Waals surface area contributed by atoms with Gasteiger partial charge in [-0.25, -0.2) is 13.1 Å². The van der Waals surface area contributed by atoms with Gasteiger partial charge in [0.15, 0.2) is 0 Å². The molecule has 0 saturated heterocycles. The molecule has 0 spiro atoms. The number of hydrogen-bond acceptors (Lipinski definition) is 3. The average Bonchev–Trinajstić information content (AvgIpc) is 2.21. The Labute approximate surface area is 103 Å². The molecule has 0 bridgehead atoms. The predicted molar refractivity (Wildman–Crippen MR) is 70.2 cm³/mol. The number of sulfonamides is 1. The highest BCUT2D eigenvalue weighted by Crippen LogP contribution is 2.21. The van der Waals surface area contributed by atoms with Crippen molar-refractivity contribution in [2.45, 2.75) is 38.6 Å². The maximum Gasteiger partial charge on any atom is 0.241 e. The Morgan fingerprint density at radius 1 is 1.24 bits per heavy atom. The summed E-state index contributed by atoms with van der Waals surface area (Å²) in [6, 6.07) is 4.80. The first kappa shape index (κ1) is 14.0. The monoisotopic (exact) mass is 256 g/mol. The lowest BCUT2D eigenvalue weighted by atomic mass is 10.1. The molecule has 0 aliphatic rings. The molecule has 0 amide bonds. The lowest BCUT2D eigenvalue weighted by Crippen LogP contribution is -2.36. The molecule has 1 unspecified atom stereocenters. The fourth-order valence-electron chi connectivity index (χ4n) is 1.37. The van der Waals surface area contributed by atoms with E-state index in [1.807, 2.05) is 20.8 Å². The van der Waals surface area contributed by atoms with Crippen LogP contribution in [0.4, 0.5) is 5.69 Å². The van der Waals surface area contributed by atoms with Crippen molar-refractivity contribution < 1.29 is 8.42 Å². The van der Waals surface area contributed by atoms with Crippen molar-refractivity contribution in [2.75, 3.05) is 5.73 Å². The summed E-state index contributed by atoms with van der Waals surface area (Å²) in [5.74, 6) is 0.242. The van der Waals surface area contributed by atoms with Gasteiger partial charge in [-0.3, -0.25) is 0 Å². The molecular weight excluding hydrogens is 236 g/mol. The average molecular weight is 256 g/mol. The van der Waals surface area contributed by atoms with Gasteiger partial charge in [0.1, 0.15) is 0 Å². The molecule has 0 saturated carbocycles. The second kappa shape index (κ2) is 5.06. The molecular formula is C12H20N2O2S. The molecule has 0 aliphatic carbocycles. The lowest BCUT2D eigenvalue weighted by Gasteiger charge is -2.18. The third-order valence-corrected chi connectivity index (χ3v) is 4.66. The third-order valence-electron chi connectivity index (χ3n) is 2.96. The summed E-state index contributed by atoms with van der Waals surface area (Å²) in [6.07, 6.45) is 0. The fraction of sp³-hybridized carbons (Fsp3) is 0.500. The van der Waals surface area contributed by atoms with Gasteiger partial charge in [-0.05, 0) is 37.5 Å². The van der Waals surface area contributed by atoms with E-state index in [2.05, 4.69) is 4.72 Å². The van der Waals surface area contributed by atoms with E-state index in [1.165, 1.54) is 0 Å². The van der Waals surface area contributed by atoms with Crippen molar-refractivity contribution in [1.29, 1.82) is 0 Å². The Morgan fingerprint density at radius 2 is 1.82 bits per heavy atom. The maximum absolute atomic E-state index is 12.2. The summed E-state index contributed by atoms with van der Waals surface area (Å²) in [7, 11) is -3.49. The van der Waals surface area contributed by atoms with Crippen molar-refractivity contribution in [3.63, 3.8) is 0 Å². The number of anilines is 1. The Bertz CT molecular complexity index is 495. The zero-order chi connectivity index (χ0) is 13.2. The van der Waals surface area contributed by atoms with Gasteiger partial charge in [-0.2, -0.15) is 0 Å². The van der Waals surface area contributed by atoms with Crippen molar-refractivity contribution in [3.05, 3.63) is 23.8 Å². The molecule has 0 radical (unpaired) electrons.